The minimum absolute atomic E-state index is 0.0220. The molecule has 1 atom stereocenters. The first-order valence-corrected chi connectivity index (χ1v) is 22.3. The van der Waals surface area contributed by atoms with Crippen LogP contribution in [0.15, 0.2) is 0 Å². The highest BCUT2D eigenvalue weighted by molar-refractivity contribution is 4.73. The van der Waals surface area contributed by atoms with Crippen LogP contribution in [0.2, 0.25) is 0 Å². The summed E-state index contributed by atoms with van der Waals surface area (Å²) in [6.07, 6.45) is 2.84. The lowest BCUT2D eigenvalue weighted by molar-refractivity contribution is -0.246. The Bertz CT molecular complexity index is 749. The van der Waals surface area contributed by atoms with Gasteiger partial charge in [-0.2, -0.15) is 0 Å². The summed E-state index contributed by atoms with van der Waals surface area (Å²) in [7, 11) is 0. The quantitative estimate of drug-likeness (QED) is 0.105. The van der Waals surface area contributed by atoms with E-state index in [2.05, 4.69) is 104 Å². The fraction of sp³-hybridized carbons (Fsp3) is 1.00. The van der Waals surface area contributed by atoms with E-state index in [0.29, 0.717) is 49.0 Å². The maximum Gasteiger partial charge on any atom is 0.163 e. The van der Waals surface area contributed by atoms with Crippen LogP contribution in [0.5, 0.6) is 0 Å². The molecule has 0 amide bonds. The summed E-state index contributed by atoms with van der Waals surface area (Å²) in [5.41, 5.74) is 0.0220. The third-order valence-corrected chi connectivity index (χ3v) is 6.89. The van der Waals surface area contributed by atoms with E-state index in [0.717, 1.165) is 6.61 Å². The number of rotatable bonds is 21. The molecular formula is C48H108O9. The molecule has 0 saturated heterocycles. The highest BCUT2D eigenvalue weighted by Gasteiger charge is 2.24. The van der Waals surface area contributed by atoms with Crippen LogP contribution in [0.1, 0.15) is 208 Å². The van der Waals surface area contributed by atoms with Crippen molar-refractivity contribution in [3.05, 3.63) is 0 Å². The Kier molecular flexibility index (Phi) is 47.7. The van der Waals surface area contributed by atoms with Gasteiger partial charge < -0.3 is 42.6 Å². The standard InChI is InChI=1S/C9H20O2.C9H20O.C8H18O2.C8H18O.C7H16O2.C7H16O/c1-7(2)10-9(5,6)11-8(3)4;1-7(2)9(5,6)10-8(3)4;1-6(2)9-8(5)10-7(3)4;1-6(2)8(5)9-7(3)4;1-6(2)8-5-9-7(3)4;1-6(2)5-8-7(3)4/h7-8H,1-6H3;7-8H,1-6H3;6-8H,1-5H3;6-8H,1-5H3;6-7H,5H2,1-4H3;6-7H,5H2,1-4H3. The van der Waals surface area contributed by atoms with Crippen LogP contribution in [0.4, 0.5) is 0 Å². The Morgan fingerprint density at radius 3 is 0.825 bits per heavy atom. The summed E-state index contributed by atoms with van der Waals surface area (Å²) in [5, 5.41) is 0. The monoisotopic (exact) mass is 829 g/mol. The summed E-state index contributed by atoms with van der Waals surface area (Å²) in [6.45, 7) is 62.9. The topological polar surface area (TPSA) is 83.1 Å². The van der Waals surface area contributed by atoms with Crippen molar-refractivity contribution in [1.82, 2.24) is 0 Å². The first-order valence-electron chi connectivity index (χ1n) is 22.3. The van der Waals surface area contributed by atoms with Gasteiger partial charge in [0.05, 0.1) is 66.6 Å². The number of hydrogen-bond donors (Lipinski definition) is 0. The zero-order valence-corrected chi connectivity index (χ0v) is 44.2. The van der Waals surface area contributed by atoms with Crippen molar-refractivity contribution in [2.45, 2.75) is 286 Å². The third-order valence-electron chi connectivity index (χ3n) is 6.89. The van der Waals surface area contributed by atoms with Crippen molar-refractivity contribution in [2.24, 2.45) is 17.8 Å². The Balaban J connectivity index is -0.000000137. The maximum absolute atomic E-state index is 5.70. The first-order chi connectivity index (χ1) is 25.5. The molecule has 0 aliphatic rings. The van der Waals surface area contributed by atoms with Crippen LogP contribution in [0, 0.1) is 17.8 Å². The number of hydrogen-bond acceptors (Lipinski definition) is 9. The van der Waals surface area contributed by atoms with Gasteiger partial charge in [-0.25, -0.2) is 0 Å². The van der Waals surface area contributed by atoms with E-state index in [1.807, 2.05) is 104 Å². The average molecular weight is 829 g/mol. The molecule has 0 fully saturated rings. The fourth-order valence-electron chi connectivity index (χ4n) is 3.99. The number of ether oxygens (including phenoxy) is 9. The second kappa shape index (κ2) is 39.8. The molecule has 0 heterocycles. The van der Waals surface area contributed by atoms with Crippen LogP contribution < -0.4 is 0 Å². The van der Waals surface area contributed by atoms with Crippen molar-refractivity contribution in [3.8, 4) is 0 Å². The largest absolute Gasteiger partial charge is 0.379 e. The fourth-order valence-corrected chi connectivity index (χ4v) is 3.99. The normalized spacial score (nSPS) is 12.7. The van der Waals surface area contributed by atoms with E-state index in [4.69, 9.17) is 42.6 Å². The van der Waals surface area contributed by atoms with Gasteiger partial charge in [0.15, 0.2) is 12.1 Å². The molecule has 354 valence electrons. The van der Waals surface area contributed by atoms with Crippen LogP contribution in [0.25, 0.3) is 0 Å². The third kappa shape index (κ3) is 70.5. The lowest BCUT2D eigenvalue weighted by Gasteiger charge is -2.31. The van der Waals surface area contributed by atoms with Gasteiger partial charge >= 0.3 is 0 Å². The Hall–Kier alpha value is -0.360. The molecule has 0 aromatic rings. The van der Waals surface area contributed by atoms with Gasteiger partial charge in [0, 0.05) is 6.61 Å². The van der Waals surface area contributed by atoms with E-state index >= 15 is 0 Å². The molecule has 0 rings (SSSR count). The van der Waals surface area contributed by atoms with Crippen LogP contribution in [-0.2, 0) is 42.6 Å². The molecule has 9 nitrogen and oxygen atoms in total. The molecular weight excluding hydrogens is 721 g/mol. The van der Waals surface area contributed by atoms with Crippen LogP contribution >= 0.6 is 0 Å². The Morgan fingerprint density at radius 2 is 0.667 bits per heavy atom. The smallest absolute Gasteiger partial charge is 0.163 e. The maximum atomic E-state index is 5.70. The summed E-state index contributed by atoms with van der Waals surface area (Å²) in [5.74, 6) is 1.42. The van der Waals surface area contributed by atoms with Crippen LogP contribution in [-0.4, -0.2) is 92.1 Å². The van der Waals surface area contributed by atoms with Crippen molar-refractivity contribution < 1.29 is 42.6 Å². The molecule has 0 saturated carbocycles. The summed E-state index contributed by atoms with van der Waals surface area (Å²) >= 11 is 0. The molecule has 1 unspecified atom stereocenters. The summed E-state index contributed by atoms with van der Waals surface area (Å²) in [6, 6.07) is 0. The van der Waals surface area contributed by atoms with Gasteiger partial charge in [-0.1, -0.05) is 41.5 Å². The molecule has 0 N–H and O–H groups in total. The molecule has 0 spiro atoms. The van der Waals surface area contributed by atoms with Gasteiger partial charge in [-0.15, -0.1) is 0 Å². The zero-order valence-electron chi connectivity index (χ0n) is 44.2. The predicted octanol–water partition coefficient (Wildman–Crippen LogP) is 13.9. The summed E-state index contributed by atoms with van der Waals surface area (Å²) < 4.78 is 48.5. The van der Waals surface area contributed by atoms with Crippen molar-refractivity contribution in [2.75, 3.05) is 13.4 Å². The van der Waals surface area contributed by atoms with Gasteiger partial charge in [0.2, 0.25) is 0 Å². The minimum Gasteiger partial charge on any atom is -0.379 e. The molecule has 0 aliphatic heterocycles. The van der Waals surface area contributed by atoms with Crippen molar-refractivity contribution >= 4 is 0 Å². The Labute approximate surface area is 359 Å². The first kappa shape index (κ1) is 68.4. The van der Waals surface area contributed by atoms with Crippen LogP contribution in [0.3, 0.4) is 0 Å². The van der Waals surface area contributed by atoms with Gasteiger partial charge in [-0.05, 0) is 184 Å². The molecule has 0 radical (unpaired) electrons. The molecule has 0 bridgehead atoms. The van der Waals surface area contributed by atoms with E-state index in [1.165, 1.54) is 0 Å². The highest BCUT2D eigenvalue weighted by Crippen LogP contribution is 2.21. The lowest BCUT2D eigenvalue weighted by atomic mass is 9.94. The molecule has 0 aliphatic carbocycles. The molecule has 57 heavy (non-hydrogen) atoms. The second-order valence-corrected chi connectivity index (χ2v) is 19.1. The van der Waals surface area contributed by atoms with E-state index in [-0.39, 0.29) is 48.5 Å². The minimum atomic E-state index is -0.456. The van der Waals surface area contributed by atoms with Crippen molar-refractivity contribution in [3.63, 3.8) is 0 Å². The molecule has 0 aromatic carbocycles. The van der Waals surface area contributed by atoms with Gasteiger partial charge in [0.25, 0.3) is 0 Å². The van der Waals surface area contributed by atoms with Crippen molar-refractivity contribution in [1.29, 1.82) is 0 Å². The van der Waals surface area contributed by atoms with Gasteiger partial charge in [0.1, 0.15) is 6.79 Å². The molecule has 0 aromatic heterocycles. The average Bonchev–Trinajstić information content (AvgIpc) is 2.94. The second-order valence-electron chi connectivity index (χ2n) is 19.1. The molecule has 9 heteroatoms. The van der Waals surface area contributed by atoms with E-state index < -0.39 is 5.79 Å². The Morgan fingerprint density at radius 1 is 0.351 bits per heavy atom. The highest BCUT2D eigenvalue weighted by atomic mass is 16.7. The predicted molar refractivity (Wildman–Crippen MR) is 247 cm³/mol. The van der Waals surface area contributed by atoms with E-state index in [9.17, 15) is 0 Å². The van der Waals surface area contributed by atoms with E-state index in [1.54, 1.807) is 0 Å². The SMILES string of the molecule is CC(C)COC(C)C.CC(C)OC(C)(C)C(C)C.CC(C)OC(C)(C)OC(C)C.CC(C)OC(C)C(C)C.CC(C)OC(C)OC(C)C.CC(C)OCOC(C)C. The summed E-state index contributed by atoms with van der Waals surface area (Å²) in [4.78, 5) is 0. The zero-order chi connectivity index (χ0) is 46.9. The lowest BCUT2D eigenvalue weighted by Crippen LogP contribution is -2.33. The van der Waals surface area contributed by atoms with Gasteiger partial charge in [-0.3, -0.25) is 0 Å².